The maximum atomic E-state index is 12.8. The zero-order chi connectivity index (χ0) is 24.1. The van der Waals surface area contributed by atoms with Crippen LogP contribution >= 0.6 is 11.6 Å². The van der Waals surface area contributed by atoms with Gasteiger partial charge in [-0.25, -0.2) is 4.98 Å². The maximum Gasteiger partial charge on any atom is 0.253 e. The van der Waals surface area contributed by atoms with Crippen LogP contribution in [0.15, 0.2) is 48.7 Å². The molecule has 0 bridgehead atoms. The first-order chi connectivity index (χ1) is 16.4. The first kappa shape index (κ1) is 24.3. The van der Waals surface area contributed by atoms with Gasteiger partial charge in [-0.15, -0.1) is 0 Å². The summed E-state index contributed by atoms with van der Waals surface area (Å²) >= 11 is 5.84. The molecule has 3 heterocycles. The lowest BCUT2D eigenvalue weighted by atomic mass is 10.0. The molecule has 3 N–H and O–H groups in total. The van der Waals surface area contributed by atoms with Gasteiger partial charge in [-0.2, -0.15) is 5.10 Å². The van der Waals surface area contributed by atoms with Gasteiger partial charge >= 0.3 is 0 Å². The van der Waals surface area contributed by atoms with Crippen LogP contribution in [0.25, 0.3) is 0 Å². The fourth-order valence-corrected chi connectivity index (χ4v) is 4.49. The first-order valence-corrected chi connectivity index (χ1v) is 11.7. The summed E-state index contributed by atoms with van der Waals surface area (Å²) in [5, 5.41) is 21.7. The van der Waals surface area contributed by atoms with Crippen LogP contribution in [-0.2, 0) is 24.3 Å². The molecule has 34 heavy (non-hydrogen) atoms. The Hall–Kier alpha value is -2.78. The molecule has 1 aliphatic heterocycles. The lowest BCUT2D eigenvalue weighted by molar-refractivity contribution is 0.0783. The molecule has 0 spiro atoms. The number of methoxy groups -OCH3 is 1. The van der Waals surface area contributed by atoms with Crippen LogP contribution in [0.2, 0.25) is 5.15 Å². The molecule has 180 valence electrons. The van der Waals surface area contributed by atoms with E-state index in [0.29, 0.717) is 23.9 Å². The Morgan fingerprint density at radius 3 is 2.76 bits per heavy atom. The first-order valence-electron chi connectivity index (χ1n) is 11.3. The third kappa shape index (κ3) is 6.01. The molecule has 1 unspecified atom stereocenters. The van der Waals surface area contributed by atoms with E-state index in [1.807, 2.05) is 36.4 Å². The Morgan fingerprint density at radius 2 is 2.06 bits per heavy atom. The topological polar surface area (TPSA) is 103 Å². The van der Waals surface area contributed by atoms with Crippen LogP contribution in [0.5, 0.6) is 0 Å². The minimum Gasteiger partial charge on any atom is -0.387 e. The molecular weight excluding hydrogens is 454 g/mol. The molecular formula is C25H30ClN5O3. The van der Waals surface area contributed by atoms with Gasteiger partial charge in [0, 0.05) is 43.6 Å². The number of nitrogens with zero attached hydrogens (tertiary/aromatic N) is 3. The summed E-state index contributed by atoms with van der Waals surface area (Å²) in [6.45, 7) is 0.875. The van der Waals surface area contributed by atoms with Crippen molar-refractivity contribution in [2.24, 2.45) is 0 Å². The normalized spacial score (nSPS) is 18.7. The van der Waals surface area contributed by atoms with Crippen molar-refractivity contribution in [2.75, 3.05) is 14.2 Å². The molecule has 0 saturated carbocycles. The number of nitrogens with one attached hydrogen (secondary N) is 2. The number of aromatic nitrogens is 3. The molecule has 8 nitrogen and oxygen atoms in total. The summed E-state index contributed by atoms with van der Waals surface area (Å²) in [6, 6.07) is 13.4. The number of pyridine rings is 1. The highest BCUT2D eigenvalue weighted by molar-refractivity contribution is 6.29. The highest BCUT2D eigenvalue weighted by atomic mass is 35.5. The molecule has 1 amide bonds. The van der Waals surface area contributed by atoms with Gasteiger partial charge in [-0.1, -0.05) is 29.8 Å². The monoisotopic (exact) mass is 483 g/mol. The van der Waals surface area contributed by atoms with Crippen LogP contribution in [0.4, 0.5) is 0 Å². The van der Waals surface area contributed by atoms with E-state index in [1.54, 1.807) is 31.3 Å². The largest absolute Gasteiger partial charge is 0.387 e. The number of carbonyl (C=O) groups is 1. The van der Waals surface area contributed by atoms with E-state index in [2.05, 4.69) is 20.5 Å². The second-order valence-corrected chi connectivity index (χ2v) is 9.17. The molecule has 1 aliphatic rings. The number of ether oxygens (including phenoxy) is 1. The number of H-pyrrole nitrogens is 1. The predicted octanol–water partition coefficient (Wildman–Crippen LogP) is 3.27. The van der Waals surface area contributed by atoms with Gasteiger partial charge in [0.25, 0.3) is 5.91 Å². The van der Waals surface area contributed by atoms with Crippen LogP contribution in [-0.4, -0.2) is 57.3 Å². The molecule has 9 heteroatoms. The number of rotatable bonds is 9. The summed E-state index contributed by atoms with van der Waals surface area (Å²) in [5.41, 5.74) is 4.23. The minimum absolute atomic E-state index is 0.0191. The van der Waals surface area contributed by atoms with E-state index in [9.17, 15) is 9.90 Å². The number of benzene rings is 1. The fourth-order valence-electron chi connectivity index (χ4n) is 4.38. The number of carbonyl (C=O) groups excluding carboxylic acids is 1. The van der Waals surface area contributed by atoms with Gasteiger partial charge in [-0.05, 0) is 49.1 Å². The summed E-state index contributed by atoms with van der Waals surface area (Å²) in [6.07, 6.45) is 3.70. The summed E-state index contributed by atoms with van der Waals surface area (Å²) in [4.78, 5) is 18.5. The lowest BCUT2D eigenvalue weighted by Gasteiger charge is -2.20. The van der Waals surface area contributed by atoms with Gasteiger partial charge in [0.05, 0.1) is 30.6 Å². The van der Waals surface area contributed by atoms with E-state index in [0.717, 1.165) is 41.8 Å². The van der Waals surface area contributed by atoms with Crippen LogP contribution in [0, 0.1) is 0 Å². The Labute approximate surface area is 204 Å². The zero-order valence-corrected chi connectivity index (χ0v) is 20.1. The average molecular weight is 484 g/mol. The average Bonchev–Trinajstić information content (AvgIpc) is 3.49. The Balaban J connectivity index is 1.29. The summed E-state index contributed by atoms with van der Waals surface area (Å²) in [5.74, 6) is -0.0480. The predicted molar refractivity (Wildman–Crippen MR) is 129 cm³/mol. The van der Waals surface area contributed by atoms with Gasteiger partial charge < -0.3 is 20.1 Å². The Morgan fingerprint density at radius 1 is 1.26 bits per heavy atom. The van der Waals surface area contributed by atoms with Gasteiger partial charge in [0.2, 0.25) is 0 Å². The molecule has 3 aromatic rings. The van der Waals surface area contributed by atoms with E-state index >= 15 is 0 Å². The quantitative estimate of drug-likeness (QED) is 0.403. The SMILES string of the molecule is COCc1cc(CN(C)C(=O)c2ccc(C[C@@H]3CC[C@H](C(O)c4ccc(Cl)nc4)N3)cc2)[nH]n1. The van der Waals surface area contributed by atoms with Crippen LogP contribution < -0.4 is 5.32 Å². The summed E-state index contributed by atoms with van der Waals surface area (Å²) < 4.78 is 5.08. The maximum absolute atomic E-state index is 12.8. The minimum atomic E-state index is -0.620. The Bertz CT molecular complexity index is 1090. The number of hydrogen-bond acceptors (Lipinski definition) is 6. The van der Waals surface area contributed by atoms with Crippen LogP contribution in [0.1, 0.15) is 51.8 Å². The fraction of sp³-hybridized carbons (Fsp3) is 0.400. The van der Waals surface area contributed by atoms with Gasteiger partial charge in [0.15, 0.2) is 0 Å². The van der Waals surface area contributed by atoms with E-state index in [4.69, 9.17) is 16.3 Å². The molecule has 3 atom stereocenters. The van der Waals surface area contributed by atoms with Crippen molar-refractivity contribution < 1.29 is 14.6 Å². The summed E-state index contributed by atoms with van der Waals surface area (Å²) in [7, 11) is 3.40. The Kier molecular flexibility index (Phi) is 7.95. The highest BCUT2D eigenvalue weighted by Gasteiger charge is 2.30. The van der Waals surface area contributed by atoms with Crippen LogP contribution in [0.3, 0.4) is 0 Å². The van der Waals surface area contributed by atoms with Crippen molar-refractivity contribution in [1.29, 1.82) is 0 Å². The molecule has 0 radical (unpaired) electrons. The van der Waals surface area contributed by atoms with Crippen molar-refractivity contribution in [3.8, 4) is 0 Å². The number of aliphatic hydroxyl groups is 1. The third-order valence-electron chi connectivity index (χ3n) is 6.16. The smallest absolute Gasteiger partial charge is 0.253 e. The number of aromatic amines is 1. The number of hydrogen-bond donors (Lipinski definition) is 3. The van der Waals surface area contributed by atoms with Crippen molar-refractivity contribution in [1.82, 2.24) is 25.4 Å². The van der Waals surface area contributed by atoms with Crippen molar-refractivity contribution in [3.05, 3.63) is 81.9 Å². The van der Waals surface area contributed by atoms with Crippen molar-refractivity contribution in [3.63, 3.8) is 0 Å². The number of halogens is 1. The van der Waals surface area contributed by atoms with Gasteiger partial charge in [0.1, 0.15) is 5.15 Å². The molecule has 0 aliphatic carbocycles. The lowest BCUT2D eigenvalue weighted by Crippen LogP contribution is -2.35. The van der Waals surface area contributed by atoms with E-state index in [1.165, 1.54) is 0 Å². The zero-order valence-electron chi connectivity index (χ0n) is 19.4. The van der Waals surface area contributed by atoms with E-state index < -0.39 is 6.10 Å². The van der Waals surface area contributed by atoms with Crippen molar-refractivity contribution in [2.45, 2.75) is 50.6 Å². The van der Waals surface area contributed by atoms with Gasteiger partial charge in [-0.3, -0.25) is 9.89 Å². The highest BCUT2D eigenvalue weighted by Crippen LogP contribution is 2.27. The molecule has 1 fully saturated rings. The second kappa shape index (κ2) is 11.1. The second-order valence-electron chi connectivity index (χ2n) is 8.79. The molecule has 4 rings (SSSR count). The standard InChI is InChI=1S/C25H30ClN5O3/c1-31(14-20-12-21(15-34-2)30-29-20)25(33)17-5-3-16(4-6-17)11-19-8-9-22(28-19)24(32)18-7-10-23(26)27-13-18/h3-7,10,12-13,19,22,24,28,32H,8-9,11,14-15H2,1-2H3,(H,29,30)/t19-,22+,24?/m0/s1. The third-order valence-corrected chi connectivity index (χ3v) is 6.39. The molecule has 1 aromatic carbocycles. The molecule has 1 saturated heterocycles. The van der Waals surface area contributed by atoms with E-state index in [-0.39, 0.29) is 18.0 Å². The number of amides is 1. The number of aliphatic hydroxyl groups excluding tert-OH is 1. The van der Waals surface area contributed by atoms with Crippen molar-refractivity contribution >= 4 is 17.5 Å². The molecule has 2 aromatic heterocycles.